The van der Waals surface area contributed by atoms with Crippen molar-refractivity contribution in [3.63, 3.8) is 0 Å². The largest absolute Gasteiger partial charge is 0.457 e. The lowest BCUT2D eigenvalue weighted by Crippen LogP contribution is -2.37. The van der Waals surface area contributed by atoms with Gasteiger partial charge in [-0.1, -0.05) is 18.2 Å². The van der Waals surface area contributed by atoms with Gasteiger partial charge in [0.05, 0.1) is 18.7 Å². The summed E-state index contributed by atoms with van der Waals surface area (Å²) in [6, 6.07) is 23.8. The highest BCUT2D eigenvalue weighted by molar-refractivity contribution is 5.92. The standard InChI is InChI=1S/C27H29N5O2/c1-2-5-23(6-3-1)34-24-10-7-21(8-11-24)31-27-25-19-22(9-12-26(25)29-20-30-27)28-13-4-14-32-15-17-33-18-16-32/h1-3,5-12,19-20,28H,4,13-18H2,(H,29,30,31). The van der Waals surface area contributed by atoms with Crippen molar-refractivity contribution in [3.05, 3.63) is 79.1 Å². The molecule has 2 heterocycles. The van der Waals surface area contributed by atoms with Gasteiger partial charge in [-0.15, -0.1) is 0 Å². The first-order valence-electron chi connectivity index (χ1n) is 11.7. The molecule has 34 heavy (non-hydrogen) atoms. The van der Waals surface area contributed by atoms with Gasteiger partial charge in [0, 0.05) is 36.4 Å². The Bertz CT molecular complexity index is 1190. The number of hydrogen-bond acceptors (Lipinski definition) is 7. The molecule has 7 nitrogen and oxygen atoms in total. The Morgan fingerprint density at radius 3 is 2.44 bits per heavy atom. The Morgan fingerprint density at radius 1 is 0.853 bits per heavy atom. The van der Waals surface area contributed by atoms with Crippen molar-refractivity contribution in [1.82, 2.24) is 14.9 Å². The van der Waals surface area contributed by atoms with E-state index >= 15 is 0 Å². The van der Waals surface area contributed by atoms with Crippen LogP contribution >= 0.6 is 0 Å². The monoisotopic (exact) mass is 455 g/mol. The van der Waals surface area contributed by atoms with Gasteiger partial charge < -0.3 is 20.1 Å². The van der Waals surface area contributed by atoms with E-state index in [9.17, 15) is 0 Å². The number of ether oxygens (including phenoxy) is 2. The number of rotatable bonds is 9. The van der Waals surface area contributed by atoms with Crippen LogP contribution in [0.4, 0.5) is 17.2 Å². The average molecular weight is 456 g/mol. The summed E-state index contributed by atoms with van der Waals surface area (Å²) in [4.78, 5) is 11.4. The quantitative estimate of drug-likeness (QED) is 0.332. The van der Waals surface area contributed by atoms with Gasteiger partial charge in [-0.05, 0) is 67.6 Å². The van der Waals surface area contributed by atoms with E-state index < -0.39 is 0 Å². The van der Waals surface area contributed by atoms with Gasteiger partial charge in [0.2, 0.25) is 0 Å². The predicted octanol–water partition coefficient (Wildman–Crippen LogP) is 5.30. The van der Waals surface area contributed by atoms with E-state index in [2.05, 4.69) is 37.6 Å². The van der Waals surface area contributed by atoms with E-state index in [0.29, 0.717) is 0 Å². The van der Waals surface area contributed by atoms with E-state index in [-0.39, 0.29) is 0 Å². The molecule has 3 aromatic carbocycles. The molecule has 0 amide bonds. The van der Waals surface area contributed by atoms with Crippen molar-refractivity contribution in [2.24, 2.45) is 0 Å². The van der Waals surface area contributed by atoms with Crippen LogP contribution in [0.5, 0.6) is 11.5 Å². The van der Waals surface area contributed by atoms with E-state index in [1.165, 1.54) is 0 Å². The fourth-order valence-electron chi connectivity index (χ4n) is 3.99. The van der Waals surface area contributed by atoms with Crippen LogP contribution < -0.4 is 15.4 Å². The molecule has 0 unspecified atom stereocenters. The molecule has 0 atom stereocenters. The van der Waals surface area contributed by atoms with Crippen LogP contribution in [0.15, 0.2) is 79.1 Å². The molecule has 1 aliphatic rings. The number of para-hydroxylation sites is 1. The van der Waals surface area contributed by atoms with Crippen LogP contribution in [0.1, 0.15) is 6.42 Å². The van der Waals surface area contributed by atoms with Crippen LogP contribution in [0.2, 0.25) is 0 Å². The highest BCUT2D eigenvalue weighted by Crippen LogP contribution is 2.28. The number of benzene rings is 3. The Balaban J connectivity index is 1.22. The van der Waals surface area contributed by atoms with E-state index in [1.54, 1.807) is 6.33 Å². The number of anilines is 3. The van der Waals surface area contributed by atoms with Crippen LogP contribution in [-0.2, 0) is 4.74 Å². The van der Waals surface area contributed by atoms with Crippen LogP contribution in [0, 0.1) is 0 Å². The van der Waals surface area contributed by atoms with Crippen LogP contribution in [0.3, 0.4) is 0 Å². The van der Waals surface area contributed by atoms with E-state index in [1.807, 2.05) is 60.7 Å². The summed E-state index contributed by atoms with van der Waals surface area (Å²) in [5, 5.41) is 7.94. The lowest BCUT2D eigenvalue weighted by atomic mass is 10.2. The molecule has 1 aromatic heterocycles. The third kappa shape index (κ3) is 5.81. The summed E-state index contributed by atoms with van der Waals surface area (Å²) in [5.41, 5.74) is 2.91. The summed E-state index contributed by atoms with van der Waals surface area (Å²) >= 11 is 0. The minimum absolute atomic E-state index is 0.777. The second-order valence-electron chi connectivity index (χ2n) is 8.25. The highest BCUT2D eigenvalue weighted by Gasteiger charge is 2.10. The van der Waals surface area contributed by atoms with Gasteiger partial charge in [0.25, 0.3) is 0 Å². The number of hydrogen-bond donors (Lipinski definition) is 2. The smallest absolute Gasteiger partial charge is 0.141 e. The first-order chi connectivity index (χ1) is 16.8. The maximum absolute atomic E-state index is 5.88. The maximum atomic E-state index is 5.88. The lowest BCUT2D eigenvalue weighted by molar-refractivity contribution is 0.0378. The zero-order valence-electron chi connectivity index (χ0n) is 19.1. The Labute approximate surface area is 199 Å². The van der Waals surface area contributed by atoms with Crippen molar-refractivity contribution in [2.75, 3.05) is 50.0 Å². The predicted molar refractivity (Wildman–Crippen MR) is 136 cm³/mol. The number of morpholine rings is 1. The summed E-state index contributed by atoms with van der Waals surface area (Å²) in [6.07, 6.45) is 2.68. The van der Waals surface area contributed by atoms with Crippen molar-refractivity contribution in [1.29, 1.82) is 0 Å². The zero-order valence-corrected chi connectivity index (χ0v) is 19.1. The molecule has 0 bridgehead atoms. The number of nitrogens with one attached hydrogen (secondary N) is 2. The lowest BCUT2D eigenvalue weighted by Gasteiger charge is -2.26. The van der Waals surface area contributed by atoms with Crippen molar-refractivity contribution < 1.29 is 9.47 Å². The molecule has 7 heteroatoms. The Kier molecular flexibility index (Phi) is 7.13. The Hall–Kier alpha value is -3.68. The third-order valence-corrected chi connectivity index (χ3v) is 5.82. The van der Waals surface area contributed by atoms with E-state index in [0.717, 1.165) is 85.4 Å². The van der Waals surface area contributed by atoms with Crippen molar-refractivity contribution in [2.45, 2.75) is 6.42 Å². The highest BCUT2D eigenvalue weighted by atomic mass is 16.5. The van der Waals surface area contributed by atoms with Gasteiger partial charge in [-0.3, -0.25) is 4.90 Å². The second kappa shape index (κ2) is 11.0. The van der Waals surface area contributed by atoms with Gasteiger partial charge in [0.15, 0.2) is 0 Å². The molecule has 5 rings (SSSR count). The molecule has 1 saturated heterocycles. The fourth-order valence-corrected chi connectivity index (χ4v) is 3.99. The van der Waals surface area contributed by atoms with Crippen LogP contribution in [0.25, 0.3) is 10.9 Å². The first kappa shape index (κ1) is 22.1. The summed E-state index contributed by atoms with van der Waals surface area (Å²) in [6.45, 7) is 5.75. The summed E-state index contributed by atoms with van der Waals surface area (Å²) < 4.78 is 11.3. The zero-order chi connectivity index (χ0) is 23.0. The van der Waals surface area contributed by atoms with Crippen molar-refractivity contribution >= 4 is 28.1 Å². The molecule has 1 aliphatic heterocycles. The molecule has 0 radical (unpaired) electrons. The van der Waals surface area contributed by atoms with Gasteiger partial charge in [-0.2, -0.15) is 0 Å². The minimum atomic E-state index is 0.777. The molecule has 0 saturated carbocycles. The molecule has 4 aromatic rings. The third-order valence-electron chi connectivity index (χ3n) is 5.82. The SMILES string of the molecule is c1ccc(Oc2ccc(Nc3ncnc4ccc(NCCCN5CCOCC5)cc34)cc2)cc1. The molecule has 0 aliphatic carbocycles. The fraction of sp³-hybridized carbons (Fsp3) is 0.259. The number of aromatic nitrogens is 2. The molecular weight excluding hydrogens is 426 g/mol. The van der Waals surface area contributed by atoms with Gasteiger partial charge in [-0.25, -0.2) is 9.97 Å². The Morgan fingerprint density at radius 2 is 1.62 bits per heavy atom. The molecule has 174 valence electrons. The summed E-state index contributed by atoms with van der Waals surface area (Å²) in [5.74, 6) is 2.38. The molecule has 1 fully saturated rings. The molecule has 2 N–H and O–H groups in total. The van der Waals surface area contributed by atoms with Gasteiger partial charge in [0.1, 0.15) is 23.6 Å². The second-order valence-corrected chi connectivity index (χ2v) is 8.25. The average Bonchev–Trinajstić information content (AvgIpc) is 2.89. The normalized spacial score (nSPS) is 14.1. The number of nitrogens with zero attached hydrogens (tertiary/aromatic N) is 3. The maximum Gasteiger partial charge on any atom is 0.141 e. The molecule has 0 spiro atoms. The van der Waals surface area contributed by atoms with Crippen molar-refractivity contribution in [3.8, 4) is 11.5 Å². The van der Waals surface area contributed by atoms with E-state index in [4.69, 9.17) is 9.47 Å². The molecular formula is C27H29N5O2. The minimum Gasteiger partial charge on any atom is -0.457 e. The summed E-state index contributed by atoms with van der Waals surface area (Å²) in [7, 11) is 0. The number of fused-ring (bicyclic) bond motifs is 1. The first-order valence-corrected chi connectivity index (χ1v) is 11.7. The van der Waals surface area contributed by atoms with Gasteiger partial charge >= 0.3 is 0 Å². The topological polar surface area (TPSA) is 71.5 Å². The van der Waals surface area contributed by atoms with Crippen LogP contribution in [-0.4, -0.2) is 54.3 Å².